The highest BCUT2D eigenvalue weighted by atomic mass is 16.5. The molecule has 0 atom stereocenters. The van der Waals surface area contributed by atoms with Crippen LogP contribution in [0.1, 0.15) is 21.6 Å². The Morgan fingerprint density at radius 2 is 1.94 bits per heavy atom. The van der Waals surface area contributed by atoms with Crippen LogP contribution in [0.2, 0.25) is 0 Å². The van der Waals surface area contributed by atoms with Crippen molar-refractivity contribution in [2.24, 2.45) is 0 Å². The lowest BCUT2D eigenvalue weighted by molar-refractivity contribution is 0.101. The van der Waals surface area contributed by atoms with Crippen molar-refractivity contribution in [1.82, 2.24) is 5.16 Å². The third-order valence-electron chi connectivity index (χ3n) is 2.27. The molecule has 0 aliphatic rings. The zero-order valence-electron chi connectivity index (χ0n) is 9.15. The Morgan fingerprint density at radius 3 is 2.50 bits per heavy atom. The molecule has 4 heteroatoms. The quantitative estimate of drug-likeness (QED) is 0.839. The summed E-state index contributed by atoms with van der Waals surface area (Å²) in [5.41, 5.74) is 2.94. The van der Waals surface area contributed by atoms with E-state index in [4.69, 9.17) is 4.52 Å². The Balaban J connectivity index is 2.14. The highest BCUT2D eigenvalue weighted by Crippen LogP contribution is 2.11. The second kappa shape index (κ2) is 4.18. The Kier molecular flexibility index (Phi) is 2.72. The Bertz CT molecular complexity index is 500. The number of nitrogens with zero attached hydrogens (tertiary/aromatic N) is 1. The summed E-state index contributed by atoms with van der Waals surface area (Å²) < 4.78 is 4.71. The van der Waals surface area contributed by atoms with Crippen molar-refractivity contribution in [2.75, 3.05) is 5.32 Å². The van der Waals surface area contributed by atoms with Gasteiger partial charge in [-0.1, -0.05) is 22.9 Å². The van der Waals surface area contributed by atoms with Gasteiger partial charge in [0.1, 0.15) is 6.26 Å². The van der Waals surface area contributed by atoms with Crippen LogP contribution in [-0.2, 0) is 0 Å². The van der Waals surface area contributed by atoms with Crippen molar-refractivity contribution in [3.8, 4) is 0 Å². The van der Waals surface area contributed by atoms with Gasteiger partial charge in [0.15, 0.2) is 5.69 Å². The smallest absolute Gasteiger partial charge is 0.278 e. The summed E-state index contributed by atoms with van der Waals surface area (Å²) in [6, 6.07) is 7.57. The van der Waals surface area contributed by atoms with Gasteiger partial charge in [-0.2, -0.15) is 0 Å². The van der Waals surface area contributed by atoms with E-state index in [9.17, 15) is 4.79 Å². The number of aromatic nitrogens is 1. The van der Waals surface area contributed by atoms with E-state index in [1.54, 1.807) is 6.92 Å². The summed E-state index contributed by atoms with van der Waals surface area (Å²) in [5.74, 6) is -0.255. The molecule has 0 saturated heterocycles. The van der Waals surface area contributed by atoms with E-state index in [1.165, 1.54) is 6.26 Å². The van der Waals surface area contributed by atoms with E-state index in [1.807, 2.05) is 31.2 Å². The van der Waals surface area contributed by atoms with Crippen LogP contribution in [0.4, 0.5) is 5.69 Å². The lowest BCUT2D eigenvalue weighted by Gasteiger charge is -2.03. The zero-order chi connectivity index (χ0) is 11.5. The maximum absolute atomic E-state index is 11.7. The van der Waals surface area contributed by atoms with E-state index in [0.29, 0.717) is 5.69 Å². The lowest BCUT2D eigenvalue weighted by Crippen LogP contribution is -2.13. The average Bonchev–Trinajstić information content (AvgIpc) is 2.68. The van der Waals surface area contributed by atoms with Crippen LogP contribution in [0.5, 0.6) is 0 Å². The molecular formula is C12H12N2O2. The van der Waals surface area contributed by atoms with Crippen molar-refractivity contribution in [3.63, 3.8) is 0 Å². The number of carbonyl (C=O) groups is 1. The van der Waals surface area contributed by atoms with Crippen molar-refractivity contribution < 1.29 is 9.32 Å². The summed E-state index contributed by atoms with van der Waals surface area (Å²) >= 11 is 0. The maximum Gasteiger partial charge on any atom is 0.278 e. The van der Waals surface area contributed by atoms with Gasteiger partial charge in [0, 0.05) is 11.3 Å². The van der Waals surface area contributed by atoms with Crippen molar-refractivity contribution in [3.05, 3.63) is 47.3 Å². The van der Waals surface area contributed by atoms with E-state index >= 15 is 0 Å². The first-order valence-corrected chi connectivity index (χ1v) is 4.96. The molecule has 1 aromatic heterocycles. The predicted octanol–water partition coefficient (Wildman–Crippen LogP) is 2.54. The van der Waals surface area contributed by atoms with Gasteiger partial charge >= 0.3 is 0 Å². The number of hydrogen-bond donors (Lipinski definition) is 1. The van der Waals surface area contributed by atoms with E-state index in [0.717, 1.165) is 16.8 Å². The molecule has 0 unspecified atom stereocenters. The van der Waals surface area contributed by atoms with Crippen molar-refractivity contribution >= 4 is 11.6 Å². The predicted molar refractivity (Wildman–Crippen MR) is 60.4 cm³/mol. The van der Waals surface area contributed by atoms with E-state index in [2.05, 4.69) is 10.5 Å². The maximum atomic E-state index is 11.7. The number of hydrogen-bond acceptors (Lipinski definition) is 3. The van der Waals surface area contributed by atoms with Gasteiger partial charge in [0.05, 0.1) is 0 Å². The number of nitrogens with one attached hydrogen (secondary N) is 1. The SMILES string of the molecule is Cc1ccc(NC(=O)c2nocc2C)cc1. The van der Waals surface area contributed by atoms with Gasteiger partial charge in [0.25, 0.3) is 5.91 Å². The molecule has 0 radical (unpaired) electrons. The van der Waals surface area contributed by atoms with Gasteiger partial charge in [-0.3, -0.25) is 4.79 Å². The van der Waals surface area contributed by atoms with Gasteiger partial charge < -0.3 is 9.84 Å². The molecule has 1 aromatic carbocycles. The highest BCUT2D eigenvalue weighted by Gasteiger charge is 2.13. The Hall–Kier alpha value is -2.10. The van der Waals surface area contributed by atoms with E-state index in [-0.39, 0.29) is 5.91 Å². The standard InChI is InChI=1S/C12H12N2O2/c1-8-3-5-10(6-4-8)13-12(15)11-9(2)7-16-14-11/h3-7H,1-2H3,(H,13,15). The third-order valence-corrected chi connectivity index (χ3v) is 2.27. The minimum atomic E-state index is -0.255. The van der Waals surface area contributed by atoms with Crippen LogP contribution in [0.25, 0.3) is 0 Å². The molecule has 1 N–H and O–H groups in total. The van der Waals surface area contributed by atoms with Crippen molar-refractivity contribution in [1.29, 1.82) is 0 Å². The first-order valence-electron chi connectivity index (χ1n) is 4.96. The average molecular weight is 216 g/mol. The van der Waals surface area contributed by atoms with Crippen LogP contribution in [0.15, 0.2) is 35.1 Å². The van der Waals surface area contributed by atoms with Crippen LogP contribution in [0, 0.1) is 13.8 Å². The monoisotopic (exact) mass is 216 g/mol. The second-order valence-corrected chi connectivity index (χ2v) is 3.67. The molecule has 2 rings (SSSR count). The van der Waals surface area contributed by atoms with Crippen LogP contribution < -0.4 is 5.32 Å². The van der Waals surface area contributed by atoms with Gasteiger partial charge in [0.2, 0.25) is 0 Å². The summed E-state index contributed by atoms with van der Waals surface area (Å²) in [4.78, 5) is 11.7. The molecule has 2 aromatic rings. The Labute approximate surface area is 93.3 Å². The number of benzene rings is 1. The third kappa shape index (κ3) is 2.11. The molecule has 1 heterocycles. The summed E-state index contributed by atoms with van der Waals surface area (Å²) in [5, 5.41) is 6.39. The number of rotatable bonds is 2. The second-order valence-electron chi connectivity index (χ2n) is 3.67. The van der Waals surface area contributed by atoms with Crippen LogP contribution >= 0.6 is 0 Å². The van der Waals surface area contributed by atoms with Crippen molar-refractivity contribution in [2.45, 2.75) is 13.8 Å². The molecule has 1 amide bonds. The van der Waals surface area contributed by atoms with Gasteiger partial charge in [-0.25, -0.2) is 0 Å². The van der Waals surface area contributed by atoms with E-state index < -0.39 is 0 Å². The highest BCUT2D eigenvalue weighted by molar-refractivity contribution is 6.03. The number of amides is 1. The fourth-order valence-electron chi connectivity index (χ4n) is 1.33. The Morgan fingerprint density at radius 1 is 1.25 bits per heavy atom. The molecule has 82 valence electrons. The first kappa shape index (κ1) is 10.4. The molecule has 0 aliphatic heterocycles. The fourth-order valence-corrected chi connectivity index (χ4v) is 1.33. The molecule has 0 saturated carbocycles. The fraction of sp³-hybridized carbons (Fsp3) is 0.167. The largest absolute Gasteiger partial charge is 0.364 e. The summed E-state index contributed by atoms with van der Waals surface area (Å²) in [7, 11) is 0. The number of carbonyl (C=O) groups excluding carboxylic acids is 1. The number of aryl methyl sites for hydroxylation is 2. The summed E-state index contributed by atoms with van der Waals surface area (Å²) in [6.07, 6.45) is 1.45. The zero-order valence-corrected chi connectivity index (χ0v) is 9.15. The molecule has 16 heavy (non-hydrogen) atoms. The molecule has 0 spiro atoms. The van der Waals surface area contributed by atoms with Crippen LogP contribution in [-0.4, -0.2) is 11.1 Å². The minimum Gasteiger partial charge on any atom is -0.364 e. The molecule has 0 bridgehead atoms. The van der Waals surface area contributed by atoms with Gasteiger partial charge in [-0.05, 0) is 26.0 Å². The lowest BCUT2D eigenvalue weighted by atomic mass is 10.2. The minimum absolute atomic E-state index is 0.255. The molecule has 0 fully saturated rings. The molecule has 4 nitrogen and oxygen atoms in total. The normalized spacial score (nSPS) is 10.1. The van der Waals surface area contributed by atoms with Gasteiger partial charge in [-0.15, -0.1) is 0 Å². The number of anilines is 1. The first-order chi connectivity index (χ1) is 7.66. The molecule has 0 aliphatic carbocycles. The summed E-state index contributed by atoms with van der Waals surface area (Å²) in [6.45, 7) is 3.77. The topological polar surface area (TPSA) is 55.1 Å². The van der Waals surface area contributed by atoms with Crippen LogP contribution in [0.3, 0.4) is 0 Å². The molecular weight excluding hydrogens is 204 g/mol.